The number of hydrogen-bond acceptors (Lipinski definition) is 1. The van der Waals surface area contributed by atoms with Crippen LogP contribution in [0.4, 0.5) is 0 Å². The van der Waals surface area contributed by atoms with Gasteiger partial charge in [-0.1, -0.05) is 39.7 Å². The first kappa shape index (κ1) is 13.3. The maximum Gasteiger partial charge on any atom is 0.167 e. The summed E-state index contributed by atoms with van der Waals surface area (Å²) in [4.78, 5) is 12.2. The van der Waals surface area contributed by atoms with E-state index in [0.717, 1.165) is 21.2 Å². The summed E-state index contributed by atoms with van der Waals surface area (Å²) >= 11 is 9.31. The average Bonchev–Trinajstić information content (AvgIpc) is 2.27. The molecule has 0 saturated carbocycles. The van der Waals surface area contributed by atoms with E-state index >= 15 is 0 Å². The third kappa shape index (κ3) is 3.44. The van der Waals surface area contributed by atoms with Crippen LogP contribution in [0.15, 0.2) is 46.9 Å². The van der Waals surface area contributed by atoms with Crippen molar-refractivity contribution in [2.45, 2.75) is 13.3 Å². The second-order valence-electron chi connectivity index (χ2n) is 4.25. The topological polar surface area (TPSA) is 17.1 Å². The molecule has 0 bridgehead atoms. The molecule has 0 saturated heterocycles. The molecule has 0 unspecified atom stereocenters. The highest BCUT2D eigenvalue weighted by Gasteiger charge is 2.08. The number of carbonyl (C=O) groups excluding carboxylic acids is 1. The van der Waals surface area contributed by atoms with E-state index in [9.17, 15) is 4.79 Å². The predicted molar refractivity (Wildman–Crippen MR) is 78.4 cm³/mol. The normalized spacial score (nSPS) is 10.4. The van der Waals surface area contributed by atoms with E-state index in [1.807, 2.05) is 43.3 Å². The van der Waals surface area contributed by atoms with Gasteiger partial charge in [0.25, 0.3) is 0 Å². The molecule has 0 spiro atoms. The van der Waals surface area contributed by atoms with Crippen molar-refractivity contribution in [2.24, 2.45) is 0 Å². The van der Waals surface area contributed by atoms with Crippen molar-refractivity contribution in [3.63, 3.8) is 0 Å². The summed E-state index contributed by atoms with van der Waals surface area (Å²) in [6.45, 7) is 1.97. The van der Waals surface area contributed by atoms with E-state index in [1.165, 1.54) is 0 Å². The van der Waals surface area contributed by atoms with Gasteiger partial charge in [0, 0.05) is 21.5 Å². The second kappa shape index (κ2) is 5.68. The first-order valence-corrected chi connectivity index (χ1v) is 6.76. The molecule has 0 amide bonds. The molecule has 0 atom stereocenters. The van der Waals surface area contributed by atoms with Crippen molar-refractivity contribution in [3.05, 3.63) is 68.7 Å². The van der Waals surface area contributed by atoms with Gasteiger partial charge in [-0.25, -0.2) is 0 Å². The van der Waals surface area contributed by atoms with Gasteiger partial charge in [-0.3, -0.25) is 4.79 Å². The van der Waals surface area contributed by atoms with Crippen LogP contribution in [0.1, 0.15) is 21.5 Å². The Hall–Kier alpha value is -1.12. The molecule has 0 radical (unpaired) electrons. The molecule has 2 rings (SSSR count). The number of benzene rings is 2. The molecule has 0 aromatic heterocycles. The van der Waals surface area contributed by atoms with E-state index in [2.05, 4.69) is 15.9 Å². The van der Waals surface area contributed by atoms with Crippen LogP contribution in [0, 0.1) is 6.92 Å². The Morgan fingerprint density at radius 2 is 2.00 bits per heavy atom. The number of hydrogen-bond donors (Lipinski definition) is 0. The minimum absolute atomic E-state index is 0.0988. The van der Waals surface area contributed by atoms with Crippen molar-refractivity contribution in [3.8, 4) is 0 Å². The van der Waals surface area contributed by atoms with Crippen molar-refractivity contribution in [1.82, 2.24) is 0 Å². The van der Waals surface area contributed by atoms with E-state index < -0.39 is 0 Å². The number of ketones is 1. The monoisotopic (exact) mass is 322 g/mol. The van der Waals surface area contributed by atoms with Gasteiger partial charge in [-0.2, -0.15) is 0 Å². The Balaban J connectivity index is 2.22. The van der Waals surface area contributed by atoms with E-state index in [-0.39, 0.29) is 5.78 Å². The largest absolute Gasteiger partial charge is 0.294 e. The van der Waals surface area contributed by atoms with Gasteiger partial charge in [0.05, 0.1) is 0 Å². The highest BCUT2D eigenvalue weighted by atomic mass is 79.9. The lowest BCUT2D eigenvalue weighted by molar-refractivity contribution is 0.0993. The van der Waals surface area contributed by atoms with Gasteiger partial charge in [0.15, 0.2) is 5.78 Å². The number of rotatable bonds is 3. The number of aryl methyl sites for hydroxylation is 1. The third-order valence-corrected chi connectivity index (χ3v) is 3.31. The predicted octanol–water partition coefficient (Wildman–Crippen LogP) is 4.84. The summed E-state index contributed by atoms with van der Waals surface area (Å²) in [5, 5.41) is 0.658. The fraction of sp³-hybridized carbons (Fsp3) is 0.133. The molecular formula is C15H12BrClO. The van der Waals surface area contributed by atoms with Crippen LogP contribution in [0.3, 0.4) is 0 Å². The maximum atomic E-state index is 12.2. The zero-order valence-electron chi connectivity index (χ0n) is 9.91. The molecule has 0 fully saturated rings. The molecular weight excluding hydrogens is 312 g/mol. The first-order chi connectivity index (χ1) is 8.54. The summed E-state index contributed by atoms with van der Waals surface area (Å²) in [5.74, 6) is 0.0988. The van der Waals surface area contributed by atoms with Gasteiger partial charge in [0.1, 0.15) is 0 Å². The fourth-order valence-electron chi connectivity index (χ4n) is 1.83. The Bertz CT molecular complexity index is 573. The molecule has 0 heterocycles. The highest BCUT2D eigenvalue weighted by molar-refractivity contribution is 9.10. The highest BCUT2D eigenvalue weighted by Crippen LogP contribution is 2.18. The molecule has 2 aromatic carbocycles. The molecule has 0 aliphatic rings. The Morgan fingerprint density at radius 3 is 2.67 bits per heavy atom. The molecule has 0 aliphatic carbocycles. The average molecular weight is 324 g/mol. The van der Waals surface area contributed by atoms with Crippen molar-refractivity contribution in [2.75, 3.05) is 0 Å². The lowest BCUT2D eigenvalue weighted by Crippen LogP contribution is -2.04. The number of Topliss-reactive ketones (excluding diaryl/α,β-unsaturated/α-hetero) is 1. The van der Waals surface area contributed by atoms with E-state index in [4.69, 9.17) is 11.6 Å². The van der Waals surface area contributed by atoms with E-state index in [1.54, 1.807) is 6.07 Å². The Morgan fingerprint density at radius 1 is 1.22 bits per heavy atom. The minimum Gasteiger partial charge on any atom is -0.294 e. The molecule has 92 valence electrons. The second-order valence-corrected chi connectivity index (χ2v) is 5.60. The molecule has 1 nitrogen and oxygen atoms in total. The summed E-state index contributed by atoms with van der Waals surface area (Å²) < 4.78 is 0.928. The molecule has 18 heavy (non-hydrogen) atoms. The molecule has 0 aliphatic heterocycles. The zero-order valence-corrected chi connectivity index (χ0v) is 12.3. The first-order valence-electron chi connectivity index (χ1n) is 5.59. The quantitative estimate of drug-likeness (QED) is 0.739. The fourth-order valence-corrected chi connectivity index (χ4v) is 2.65. The van der Waals surface area contributed by atoms with Crippen LogP contribution in [0.5, 0.6) is 0 Å². The SMILES string of the molecule is Cc1cc(Br)cc(C(=O)Cc2cccc(Cl)c2)c1. The Labute approximate surface area is 120 Å². The van der Waals surface area contributed by atoms with Gasteiger partial charge in [-0.05, 0) is 48.4 Å². The van der Waals surface area contributed by atoms with Gasteiger partial charge < -0.3 is 0 Å². The molecule has 2 aromatic rings. The van der Waals surface area contributed by atoms with Crippen LogP contribution in [-0.2, 0) is 6.42 Å². The number of halogens is 2. The lowest BCUT2D eigenvalue weighted by atomic mass is 10.0. The third-order valence-electron chi connectivity index (χ3n) is 2.62. The van der Waals surface area contributed by atoms with Crippen molar-refractivity contribution < 1.29 is 4.79 Å². The smallest absolute Gasteiger partial charge is 0.167 e. The summed E-state index contributed by atoms with van der Waals surface area (Å²) in [7, 11) is 0. The van der Waals surface area contributed by atoms with E-state index in [0.29, 0.717) is 11.4 Å². The van der Waals surface area contributed by atoms with Crippen molar-refractivity contribution in [1.29, 1.82) is 0 Å². The summed E-state index contributed by atoms with van der Waals surface area (Å²) in [5.41, 5.74) is 2.73. The maximum absolute atomic E-state index is 12.2. The van der Waals surface area contributed by atoms with Crippen molar-refractivity contribution >= 4 is 33.3 Å². The van der Waals surface area contributed by atoms with Crippen LogP contribution >= 0.6 is 27.5 Å². The minimum atomic E-state index is 0.0988. The zero-order chi connectivity index (χ0) is 13.1. The number of carbonyl (C=O) groups is 1. The van der Waals surface area contributed by atoms with Gasteiger partial charge in [0.2, 0.25) is 0 Å². The molecule has 0 N–H and O–H groups in total. The van der Waals surface area contributed by atoms with Gasteiger partial charge in [-0.15, -0.1) is 0 Å². The summed E-state index contributed by atoms with van der Waals surface area (Å²) in [6, 6.07) is 13.1. The van der Waals surface area contributed by atoms with Crippen LogP contribution in [-0.4, -0.2) is 5.78 Å². The van der Waals surface area contributed by atoms with Crippen LogP contribution in [0.25, 0.3) is 0 Å². The van der Waals surface area contributed by atoms with Gasteiger partial charge >= 0.3 is 0 Å². The Kier molecular flexibility index (Phi) is 4.20. The lowest BCUT2D eigenvalue weighted by Gasteiger charge is -2.04. The molecule has 3 heteroatoms. The van der Waals surface area contributed by atoms with Crippen LogP contribution < -0.4 is 0 Å². The standard InChI is InChI=1S/C15H12BrClO/c1-10-5-12(9-13(16)6-10)15(18)8-11-3-2-4-14(17)7-11/h2-7,9H,8H2,1H3. The van der Waals surface area contributed by atoms with Crippen LogP contribution in [0.2, 0.25) is 5.02 Å². The summed E-state index contributed by atoms with van der Waals surface area (Å²) in [6.07, 6.45) is 0.371.